The number of phenolic OH excluding ortho intramolecular Hbond substituents is 2. The first-order chi connectivity index (χ1) is 16.0. The lowest BCUT2D eigenvalue weighted by Gasteiger charge is -2.42. The topological polar surface area (TPSA) is 143 Å². The normalized spacial score (nSPS) is 34.9. The summed E-state index contributed by atoms with van der Waals surface area (Å²) in [6.07, 6.45) is -3.19. The summed E-state index contributed by atoms with van der Waals surface area (Å²) in [5.74, 6) is -2.79. The molecule has 5 rings (SSSR count). The van der Waals surface area contributed by atoms with Gasteiger partial charge in [-0.15, -0.1) is 0 Å². The number of carbonyl (C=O) groups excluding carboxylic acids is 3. The molecule has 3 heterocycles. The van der Waals surface area contributed by atoms with Gasteiger partial charge in [-0.1, -0.05) is 0 Å². The first-order valence-corrected chi connectivity index (χ1v) is 11.3. The number of carbonyl (C=O) groups is 3. The van der Waals surface area contributed by atoms with E-state index in [9.17, 15) is 29.7 Å². The molecule has 4 aliphatic rings. The number of Topliss-reactive ketones (excluding diaryl/α,β-unsaturated/α-hetero) is 1. The molecule has 7 unspecified atom stereocenters. The molecule has 3 N–H and O–H groups in total. The van der Waals surface area contributed by atoms with E-state index in [2.05, 4.69) is 0 Å². The van der Waals surface area contributed by atoms with Crippen LogP contribution in [-0.2, 0) is 19.0 Å². The summed E-state index contributed by atoms with van der Waals surface area (Å²) in [6.45, 7) is 3.32. The van der Waals surface area contributed by atoms with Crippen molar-refractivity contribution in [3.8, 4) is 11.5 Å². The van der Waals surface area contributed by atoms with Crippen molar-refractivity contribution >= 4 is 17.5 Å². The van der Waals surface area contributed by atoms with Crippen LogP contribution in [0.25, 0.3) is 0 Å². The number of ketones is 2. The Labute approximate surface area is 195 Å². The lowest BCUT2D eigenvalue weighted by atomic mass is 9.78. The predicted octanol–water partition coefficient (Wildman–Crippen LogP) is 1.32. The summed E-state index contributed by atoms with van der Waals surface area (Å²) in [5.41, 5.74) is -0.377. The van der Waals surface area contributed by atoms with Gasteiger partial charge in [0.2, 0.25) is 0 Å². The Hall–Kier alpha value is -2.79. The fourth-order valence-corrected chi connectivity index (χ4v) is 5.60. The summed E-state index contributed by atoms with van der Waals surface area (Å²) >= 11 is 0. The third-order valence-corrected chi connectivity index (χ3v) is 7.30. The molecule has 0 spiro atoms. The molecule has 0 radical (unpaired) electrons. The Bertz CT molecular complexity index is 1140. The number of hydrogen-bond donors (Lipinski definition) is 3. The minimum Gasteiger partial charge on any atom is -0.507 e. The lowest BCUT2D eigenvalue weighted by Crippen LogP contribution is -2.53. The smallest absolute Gasteiger partial charge is 0.309 e. The minimum absolute atomic E-state index is 0.0151. The maximum Gasteiger partial charge on any atom is 0.309 e. The monoisotopic (exact) mass is 473 g/mol. The molecule has 2 fully saturated rings. The molecule has 2 saturated heterocycles. The van der Waals surface area contributed by atoms with Crippen molar-refractivity contribution in [3.05, 3.63) is 33.9 Å². The predicted molar refractivity (Wildman–Crippen MR) is 116 cm³/mol. The van der Waals surface area contributed by atoms with Crippen molar-refractivity contribution in [3.63, 3.8) is 0 Å². The van der Waals surface area contributed by atoms with Gasteiger partial charge < -0.3 is 34.4 Å². The summed E-state index contributed by atoms with van der Waals surface area (Å²) < 4.78 is 17.0. The maximum atomic E-state index is 13.6. The molecule has 0 saturated carbocycles. The summed E-state index contributed by atoms with van der Waals surface area (Å²) in [6, 6.07) is -0.313. The number of phenols is 2. The average Bonchev–Trinajstić information content (AvgIpc) is 3.13. The third-order valence-electron chi connectivity index (χ3n) is 7.30. The quantitative estimate of drug-likeness (QED) is 0.425. The Balaban J connectivity index is 1.61. The summed E-state index contributed by atoms with van der Waals surface area (Å²) in [4.78, 5) is 40.5. The maximum absolute atomic E-state index is 13.6. The van der Waals surface area contributed by atoms with Gasteiger partial charge in [0.1, 0.15) is 17.6 Å². The molecule has 10 nitrogen and oxygen atoms in total. The Morgan fingerprint density at radius 1 is 1.00 bits per heavy atom. The number of hydrogen-bond acceptors (Lipinski definition) is 10. The molecule has 1 aromatic rings. The van der Waals surface area contributed by atoms with Crippen LogP contribution in [0.5, 0.6) is 11.5 Å². The summed E-state index contributed by atoms with van der Waals surface area (Å²) in [5, 5.41) is 32.8. The van der Waals surface area contributed by atoms with Gasteiger partial charge in [0.15, 0.2) is 17.7 Å². The fourth-order valence-electron chi connectivity index (χ4n) is 5.60. The second-order valence-corrected chi connectivity index (χ2v) is 9.59. The second-order valence-electron chi connectivity index (χ2n) is 9.59. The number of aromatic hydroxyl groups is 2. The first-order valence-electron chi connectivity index (χ1n) is 11.3. The van der Waals surface area contributed by atoms with Crippen molar-refractivity contribution in [2.45, 2.75) is 69.4 Å². The van der Waals surface area contributed by atoms with E-state index in [0.29, 0.717) is 0 Å². The molecule has 0 aromatic heterocycles. The zero-order valence-corrected chi connectivity index (χ0v) is 19.3. The largest absolute Gasteiger partial charge is 0.507 e. The van der Waals surface area contributed by atoms with Gasteiger partial charge in [-0.2, -0.15) is 0 Å². The highest BCUT2D eigenvalue weighted by atomic mass is 16.6. The van der Waals surface area contributed by atoms with Crippen molar-refractivity contribution in [1.29, 1.82) is 0 Å². The zero-order valence-electron chi connectivity index (χ0n) is 19.3. The highest BCUT2D eigenvalue weighted by molar-refractivity contribution is 6.27. The van der Waals surface area contributed by atoms with E-state index in [-0.39, 0.29) is 46.7 Å². The Kier molecular flexibility index (Phi) is 5.32. The average molecular weight is 473 g/mol. The second kappa shape index (κ2) is 7.88. The van der Waals surface area contributed by atoms with Crippen LogP contribution in [0.15, 0.2) is 11.6 Å². The minimum atomic E-state index is -0.979. The molecule has 34 heavy (non-hydrogen) atoms. The molecule has 0 bridgehead atoms. The number of fused-ring (bicyclic) bond motifs is 4. The van der Waals surface area contributed by atoms with Gasteiger partial charge in [0.25, 0.3) is 0 Å². The first kappa shape index (κ1) is 23.0. The van der Waals surface area contributed by atoms with E-state index in [1.165, 1.54) is 0 Å². The Morgan fingerprint density at radius 2 is 1.68 bits per heavy atom. The molecule has 3 aliphatic heterocycles. The van der Waals surface area contributed by atoms with Crippen LogP contribution in [0, 0.1) is 0 Å². The van der Waals surface area contributed by atoms with E-state index < -0.39 is 65.7 Å². The van der Waals surface area contributed by atoms with Gasteiger partial charge in [0, 0.05) is 22.7 Å². The van der Waals surface area contributed by atoms with Crippen LogP contribution >= 0.6 is 0 Å². The highest BCUT2D eigenvalue weighted by Crippen LogP contribution is 2.53. The Morgan fingerprint density at radius 3 is 2.35 bits per heavy atom. The fraction of sp³-hybridized carbons (Fsp3) is 0.542. The molecule has 10 heteroatoms. The van der Waals surface area contributed by atoms with E-state index in [0.717, 1.165) is 6.08 Å². The van der Waals surface area contributed by atoms with Crippen molar-refractivity contribution in [1.82, 2.24) is 4.90 Å². The molecule has 1 aromatic carbocycles. The highest BCUT2D eigenvalue weighted by Gasteiger charge is 2.49. The summed E-state index contributed by atoms with van der Waals surface area (Å²) in [7, 11) is 3.61. The third kappa shape index (κ3) is 3.20. The number of aliphatic hydroxyl groups is 1. The number of rotatable bonds is 2. The van der Waals surface area contributed by atoms with Gasteiger partial charge in [0.05, 0.1) is 42.0 Å². The number of likely N-dealkylation sites (N-methyl/N-ethyl adjacent to an activating group) is 1. The van der Waals surface area contributed by atoms with Crippen LogP contribution in [-0.4, -0.2) is 82.3 Å². The number of ether oxygens (including phenoxy) is 3. The number of esters is 1. The van der Waals surface area contributed by atoms with Crippen LogP contribution in [0.2, 0.25) is 0 Å². The van der Waals surface area contributed by atoms with E-state index >= 15 is 0 Å². The molecule has 1 aliphatic carbocycles. The van der Waals surface area contributed by atoms with Crippen LogP contribution < -0.4 is 0 Å². The van der Waals surface area contributed by atoms with Crippen LogP contribution in [0.4, 0.5) is 0 Å². The molecule has 182 valence electrons. The van der Waals surface area contributed by atoms with Crippen molar-refractivity contribution in [2.24, 2.45) is 0 Å². The van der Waals surface area contributed by atoms with Gasteiger partial charge in [-0.25, -0.2) is 0 Å². The SMILES string of the molecule is CC1OC2CC(=O)OC2c2c(O)c3c(c(O)c21)C(=O)C(C1CC(N(C)C)C(O)C(C)O1)=CC3=O. The van der Waals surface area contributed by atoms with Gasteiger partial charge >= 0.3 is 5.97 Å². The van der Waals surface area contributed by atoms with Crippen molar-refractivity contribution < 1.29 is 43.9 Å². The molecule has 0 amide bonds. The number of allylic oxidation sites excluding steroid dienone is 1. The van der Waals surface area contributed by atoms with E-state index in [1.54, 1.807) is 27.9 Å². The lowest BCUT2D eigenvalue weighted by molar-refractivity contribution is -0.143. The number of benzene rings is 1. The van der Waals surface area contributed by atoms with Crippen molar-refractivity contribution in [2.75, 3.05) is 14.1 Å². The number of aliphatic hydroxyl groups excluding tert-OH is 1. The zero-order chi connectivity index (χ0) is 24.6. The van der Waals surface area contributed by atoms with Crippen LogP contribution in [0.1, 0.15) is 70.7 Å². The molecular weight excluding hydrogens is 446 g/mol. The number of nitrogens with zero attached hydrogens (tertiary/aromatic N) is 1. The molecular formula is C24H27NO9. The van der Waals surface area contributed by atoms with E-state index in [4.69, 9.17) is 14.2 Å². The standard InChI is InChI=1S/C24H27NO9/c1-8-16-19(24-14(32-8)7-15(27)34-24)23(31)17-12(26)5-10(21(29)18(17)22(16)30)13-6-11(25(3)4)20(28)9(2)33-13/h5,8-9,11,13-14,20,24,28,30-31H,6-7H2,1-4H3. The van der Waals surface area contributed by atoms with Gasteiger partial charge in [-0.05, 0) is 40.4 Å². The van der Waals surface area contributed by atoms with Crippen LogP contribution in [0.3, 0.4) is 0 Å². The van der Waals surface area contributed by atoms with Gasteiger partial charge in [-0.3, -0.25) is 14.4 Å². The van der Waals surface area contributed by atoms with E-state index in [1.807, 2.05) is 4.90 Å². The molecule has 7 atom stereocenters.